The molecule has 0 bridgehead atoms. The van der Waals surface area contributed by atoms with Crippen molar-refractivity contribution in [3.05, 3.63) is 28.9 Å². The van der Waals surface area contributed by atoms with Gasteiger partial charge in [0.1, 0.15) is 5.82 Å². The summed E-state index contributed by atoms with van der Waals surface area (Å²) >= 11 is 5.96. The molecule has 0 atom stereocenters. The van der Waals surface area contributed by atoms with Crippen LogP contribution in [-0.4, -0.2) is 12.0 Å². The molecule has 0 aromatic carbocycles. The molecule has 0 aliphatic carbocycles. The van der Waals surface area contributed by atoms with Gasteiger partial charge in [-0.15, -0.1) is 0 Å². The zero-order valence-electron chi connectivity index (χ0n) is 7.13. The molecule has 0 spiro atoms. The van der Waals surface area contributed by atoms with E-state index in [-0.39, 0.29) is 0 Å². The number of halogens is 1. The van der Waals surface area contributed by atoms with Crippen molar-refractivity contribution in [1.29, 1.82) is 0 Å². The molecule has 3 heteroatoms. The van der Waals surface area contributed by atoms with Gasteiger partial charge in [0.15, 0.2) is 0 Å². The van der Waals surface area contributed by atoms with Gasteiger partial charge in [0.25, 0.3) is 0 Å². The van der Waals surface area contributed by atoms with Crippen LogP contribution in [0.25, 0.3) is 6.08 Å². The maximum atomic E-state index is 5.96. The summed E-state index contributed by atoms with van der Waals surface area (Å²) in [5.41, 5.74) is 0.934. The van der Waals surface area contributed by atoms with Gasteiger partial charge in [-0.25, -0.2) is 4.98 Å². The number of hydrogen-bond acceptors (Lipinski definition) is 2. The standard InChI is InChI=1S/C9H11ClN2/c1-3-4-7-8(10)5-6-12-9(7)11-2/h3-6H,1-2H3,(H,11,12)/b4-3+. The Bertz CT molecular complexity index is 295. The highest BCUT2D eigenvalue weighted by molar-refractivity contribution is 6.32. The smallest absolute Gasteiger partial charge is 0.134 e. The van der Waals surface area contributed by atoms with Crippen LogP contribution in [0.1, 0.15) is 12.5 Å². The second kappa shape index (κ2) is 4.12. The van der Waals surface area contributed by atoms with Crippen LogP contribution in [-0.2, 0) is 0 Å². The Kier molecular flexibility index (Phi) is 3.11. The minimum atomic E-state index is 0.715. The summed E-state index contributed by atoms with van der Waals surface area (Å²) in [7, 11) is 1.83. The Morgan fingerprint density at radius 1 is 1.58 bits per heavy atom. The van der Waals surface area contributed by atoms with Gasteiger partial charge in [0.2, 0.25) is 0 Å². The molecule has 1 aromatic heterocycles. The van der Waals surface area contributed by atoms with Crippen molar-refractivity contribution in [3.8, 4) is 0 Å². The van der Waals surface area contributed by atoms with E-state index in [4.69, 9.17) is 11.6 Å². The minimum Gasteiger partial charge on any atom is -0.373 e. The molecule has 2 nitrogen and oxygen atoms in total. The molecule has 64 valence electrons. The molecule has 0 saturated carbocycles. The van der Waals surface area contributed by atoms with Crippen LogP contribution < -0.4 is 5.32 Å². The third-order valence-electron chi connectivity index (χ3n) is 1.51. The van der Waals surface area contributed by atoms with Crippen molar-refractivity contribution >= 4 is 23.5 Å². The lowest BCUT2D eigenvalue weighted by Gasteiger charge is -2.04. The summed E-state index contributed by atoms with van der Waals surface area (Å²) in [5, 5.41) is 3.69. The van der Waals surface area contributed by atoms with Gasteiger partial charge in [-0.05, 0) is 13.0 Å². The lowest BCUT2D eigenvalue weighted by Crippen LogP contribution is -1.95. The van der Waals surface area contributed by atoms with E-state index in [0.29, 0.717) is 5.02 Å². The molecular formula is C9H11ClN2. The van der Waals surface area contributed by atoms with Crippen LogP contribution >= 0.6 is 11.6 Å². The number of anilines is 1. The van der Waals surface area contributed by atoms with Gasteiger partial charge in [-0.2, -0.15) is 0 Å². The van der Waals surface area contributed by atoms with Crippen LogP contribution in [0.4, 0.5) is 5.82 Å². The second-order valence-corrected chi connectivity index (χ2v) is 2.71. The molecule has 0 fully saturated rings. The van der Waals surface area contributed by atoms with Crippen molar-refractivity contribution in [2.24, 2.45) is 0 Å². The van der Waals surface area contributed by atoms with Crippen molar-refractivity contribution in [2.75, 3.05) is 12.4 Å². The van der Waals surface area contributed by atoms with Crippen molar-refractivity contribution < 1.29 is 0 Å². The van der Waals surface area contributed by atoms with E-state index >= 15 is 0 Å². The molecule has 0 unspecified atom stereocenters. The molecule has 12 heavy (non-hydrogen) atoms. The molecule has 1 aromatic rings. The first-order chi connectivity index (χ1) is 5.79. The highest BCUT2D eigenvalue weighted by Gasteiger charge is 2.01. The first-order valence-corrected chi connectivity index (χ1v) is 4.12. The van der Waals surface area contributed by atoms with Crippen LogP contribution in [0.5, 0.6) is 0 Å². The van der Waals surface area contributed by atoms with Gasteiger partial charge >= 0.3 is 0 Å². The number of hydrogen-bond donors (Lipinski definition) is 1. The predicted molar refractivity (Wildman–Crippen MR) is 53.5 cm³/mol. The predicted octanol–water partition coefficient (Wildman–Crippen LogP) is 2.81. The number of aromatic nitrogens is 1. The summed E-state index contributed by atoms with van der Waals surface area (Å²) in [6, 6.07) is 1.78. The van der Waals surface area contributed by atoms with E-state index in [2.05, 4.69) is 10.3 Å². The Hall–Kier alpha value is -1.02. The number of rotatable bonds is 2. The van der Waals surface area contributed by atoms with Crippen LogP contribution in [0.3, 0.4) is 0 Å². The van der Waals surface area contributed by atoms with E-state index in [1.807, 2.05) is 26.1 Å². The van der Waals surface area contributed by atoms with Crippen LogP contribution in [0, 0.1) is 0 Å². The SMILES string of the molecule is C/C=C/c1c(Cl)ccnc1NC. The molecule has 0 amide bonds. The number of nitrogens with zero attached hydrogens (tertiary/aromatic N) is 1. The number of allylic oxidation sites excluding steroid dienone is 1. The van der Waals surface area contributed by atoms with Crippen LogP contribution in [0.2, 0.25) is 5.02 Å². The number of pyridine rings is 1. The summed E-state index contributed by atoms with van der Waals surface area (Å²) in [6.45, 7) is 1.95. The molecule has 0 radical (unpaired) electrons. The van der Waals surface area contributed by atoms with Crippen molar-refractivity contribution in [1.82, 2.24) is 4.98 Å². The molecule has 1 N–H and O–H groups in total. The largest absolute Gasteiger partial charge is 0.373 e. The lowest BCUT2D eigenvalue weighted by molar-refractivity contribution is 1.28. The van der Waals surface area contributed by atoms with Gasteiger partial charge in [0, 0.05) is 18.8 Å². The maximum absolute atomic E-state index is 5.96. The Balaban J connectivity index is 3.19. The third-order valence-corrected chi connectivity index (χ3v) is 1.84. The highest BCUT2D eigenvalue weighted by Crippen LogP contribution is 2.22. The zero-order valence-corrected chi connectivity index (χ0v) is 7.89. The van der Waals surface area contributed by atoms with E-state index in [1.165, 1.54) is 0 Å². The Morgan fingerprint density at radius 2 is 2.33 bits per heavy atom. The summed E-state index contributed by atoms with van der Waals surface area (Å²) < 4.78 is 0. The van der Waals surface area contributed by atoms with Gasteiger partial charge in [-0.1, -0.05) is 23.8 Å². The molecule has 1 rings (SSSR count). The second-order valence-electron chi connectivity index (χ2n) is 2.31. The molecule has 0 saturated heterocycles. The quantitative estimate of drug-likeness (QED) is 0.761. The topological polar surface area (TPSA) is 24.9 Å². The average Bonchev–Trinajstić information content (AvgIpc) is 2.09. The summed E-state index contributed by atoms with van der Waals surface area (Å²) in [5.74, 6) is 0.806. The monoisotopic (exact) mass is 182 g/mol. The molecule has 0 aliphatic heterocycles. The molecule has 1 heterocycles. The Labute approximate surface area is 77.3 Å². The van der Waals surface area contributed by atoms with E-state index in [1.54, 1.807) is 12.3 Å². The molecular weight excluding hydrogens is 172 g/mol. The van der Waals surface area contributed by atoms with Gasteiger partial charge < -0.3 is 5.32 Å². The summed E-state index contributed by atoms with van der Waals surface area (Å²) in [4.78, 5) is 4.13. The van der Waals surface area contributed by atoms with Crippen molar-refractivity contribution in [2.45, 2.75) is 6.92 Å². The Morgan fingerprint density at radius 3 is 2.92 bits per heavy atom. The first-order valence-electron chi connectivity index (χ1n) is 3.74. The normalized spacial score (nSPS) is 10.6. The summed E-state index contributed by atoms with van der Waals surface area (Å²) in [6.07, 6.45) is 5.55. The van der Waals surface area contributed by atoms with Crippen molar-refractivity contribution in [3.63, 3.8) is 0 Å². The first kappa shape index (κ1) is 9.07. The zero-order chi connectivity index (χ0) is 8.97. The van der Waals surface area contributed by atoms with E-state index in [9.17, 15) is 0 Å². The third kappa shape index (κ3) is 1.77. The molecule has 0 aliphatic rings. The fourth-order valence-corrected chi connectivity index (χ4v) is 1.18. The van der Waals surface area contributed by atoms with Crippen LogP contribution in [0.15, 0.2) is 18.3 Å². The van der Waals surface area contributed by atoms with Gasteiger partial charge in [0.05, 0.1) is 5.02 Å². The minimum absolute atomic E-state index is 0.715. The van der Waals surface area contributed by atoms with E-state index in [0.717, 1.165) is 11.4 Å². The highest BCUT2D eigenvalue weighted by atomic mass is 35.5. The van der Waals surface area contributed by atoms with Gasteiger partial charge in [-0.3, -0.25) is 0 Å². The number of nitrogens with one attached hydrogen (secondary N) is 1. The van der Waals surface area contributed by atoms with E-state index < -0.39 is 0 Å². The lowest BCUT2D eigenvalue weighted by atomic mass is 10.2. The fourth-order valence-electron chi connectivity index (χ4n) is 0.974. The average molecular weight is 183 g/mol. The maximum Gasteiger partial charge on any atom is 0.134 e. The fraction of sp³-hybridized carbons (Fsp3) is 0.222.